The zero-order valence-electron chi connectivity index (χ0n) is 17.2. The van der Waals surface area contributed by atoms with Gasteiger partial charge in [0.15, 0.2) is 0 Å². The number of hydrogen-bond donors (Lipinski definition) is 2. The van der Waals surface area contributed by atoms with Crippen molar-refractivity contribution in [3.05, 3.63) is 107 Å². The van der Waals surface area contributed by atoms with Crippen LogP contribution in [0.4, 0.5) is 0 Å². The van der Waals surface area contributed by atoms with E-state index in [1.807, 2.05) is 0 Å². The Bertz CT molecular complexity index is 1210. The molecule has 0 saturated carbocycles. The number of hydrogen-bond acceptors (Lipinski definition) is 0. The molecular weight excluding hydrogens is 352 g/mol. The number of fused-ring (bicyclic) bond motifs is 2. The lowest BCUT2D eigenvalue weighted by atomic mass is 9.76. The average Bonchev–Trinajstić information content (AvgIpc) is 3.25. The molecule has 2 nitrogen and oxygen atoms in total. The van der Waals surface area contributed by atoms with Gasteiger partial charge < -0.3 is 9.97 Å². The molecule has 0 radical (unpaired) electrons. The molecule has 144 valence electrons. The van der Waals surface area contributed by atoms with Crippen LogP contribution in [0.2, 0.25) is 0 Å². The molecule has 0 fully saturated rings. The molecule has 0 aliphatic rings. The van der Waals surface area contributed by atoms with Crippen LogP contribution in [0.5, 0.6) is 0 Å². The minimum absolute atomic E-state index is 0.254. The Morgan fingerprint density at radius 1 is 0.586 bits per heavy atom. The summed E-state index contributed by atoms with van der Waals surface area (Å²) in [4.78, 5) is 7.27. The van der Waals surface area contributed by atoms with E-state index in [0.29, 0.717) is 5.92 Å². The first-order valence-electron chi connectivity index (χ1n) is 10.3. The van der Waals surface area contributed by atoms with Crippen LogP contribution in [0, 0.1) is 13.8 Å². The predicted octanol–water partition coefficient (Wildman–Crippen LogP) is 7.20. The summed E-state index contributed by atoms with van der Waals surface area (Å²) in [7, 11) is 0. The quantitative estimate of drug-likeness (QED) is 0.331. The molecule has 1 atom stereocenters. The molecule has 5 rings (SSSR count). The molecule has 0 unspecified atom stereocenters. The number of aromatic nitrogens is 2. The summed E-state index contributed by atoms with van der Waals surface area (Å²) in [6.07, 6.45) is 0. The summed E-state index contributed by atoms with van der Waals surface area (Å²) in [5, 5.41) is 2.64. The van der Waals surface area contributed by atoms with Gasteiger partial charge in [-0.05, 0) is 48.6 Å². The molecule has 29 heavy (non-hydrogen) atoms. The van der Waals surface area contributed by atoms with E-state index in [4.69, 9.17) is 0 Å². The largest absolute Gasteiger partial charge is 0.358 e. The van der Waals surface area contributed by atoms with Gasteiger partial charge in [0.2, 0.25) is 0 Å². The second kappa shape index (κ2) is 6.97. The second-order valence-corrected chi connectivity index (χ2v) is 8.10. The third-order valence-electron chi connectivity index (χ3n) is 6.33. The van der Waals surface area contributed by atoms with Gasteiger partial charge in [-0.2, -0.15) is 0 Å². The number of para-hydroxylation sites is 2. The van der Waals surface area contributed by atoms with Gasteiger partial charge in [0.05, 0.1) is 0 Å². The summed E-state index contributed by atoms with van der Waals surface area (Å²) < 4.78 is 0. The van der Waals surface area contributed by atoms with Gasteiger partial charge in [0.25, 0.3) is 0 Å². The lowest BCUT2D eigenvalue weighted by Gasteiger charge is -2.26. The highest BCUT2D eigenvalue weighted by Crippen LogP contribution is 2.46. The van der Waals surface area contributed by atoms with Crippen LogP contribution >= 0.6 is 0 Å². The zero-order valence-corrected chi connectivity index (χ0v) is 17.2. The van der Waals surface area contributed by atoms with E-state index in [1.165, 1.54) is 49.9 Å². The fourth-order valence-corrected chi connectivity index (χ4v) is 4.99. The van der Waals surface area contributed by atoms with Crippen LogP contribution in [0.1, 0.15) is 46.8 Å². The van der Waals surface area contributed by atoms with E-state index in [-0.39, 0.29) is 5.92 Å². The third kappa shape index (κ3) is 2.87. The van der Waals surface area contributed by atoms with Crippen LogP contribution in [-0.2, 0) is 0 Å². The molecule has 0 saturated heterocycles. The van der Waals surface area contributed by atoms with Gasteiger partial charge in [-0.3, -0.25) is 0 Å². The molecule has 5 aromatic rings. The van der Waals surface area contributed by atoms with Crippen molar-refractivity contribution >= 4 is 21.8 Å². The van der Waals surface area contributed by atoms with Crippen molar-refractivity contribution in [3.8, 4) is 0 Å². The van der Waals surface area contributed by atoms with Gasteiger partial charge in [0, 0.05) is 39.1 Å². The topological polar surface area (TPSA) is 31.6 Å². The summed E-state index contributed by atoms with van der Waals surface area (Å²) in [5.41, 5.74) is 9.11. The zero-order chi connectivity index (χ0) is 20.0. The van der Waals surface area contributed by atoms with Crippen molar-refractivity contribution in [1.29, 1.82) is 0 Å². The average molecular weight is 379 g/mol. The number of aromatic amines is 2. The number of benzene rings is 3. The lowest BCUT2D eigenvalue weighted by Crippen LogP contribution is -2.12. The molecule has 0 spiro atoms. The monoisotopic (exact) mass is 378 g/mol. The summed E-state index contributed by atoms with van der Waals surface area (Å²) in [5.74, 6) is 0.594. The highest BCUT2D eigenvalue weighted by atomic mass is 14.7. The van der Waals surface area contributed by atoms with Crippen molar-refractivity contribution < 1.29 is 0 Å². The van der Waals surface area contributed by atoms with Gasteiger partial charge in [-0.15, -0.1) is 0 Å². The van der Waals surface area contributed by atoms with Gasteiger partial charge >= 0.3 is 0 Å². The van der Waals surface area contributed by atoms with Crippen LogP contribution in [0.15, 0.2) is 78.9 Å². The van der Waals surface area contributed by atoms with E-state index >= 15 is 0 Å². The SMILES string of the molecule is Cc1[nH]c2ccccc2c1C(c1c(C)[nH]c2ccccc12)[C@@H](C)c1ccccc1. The number of nitrogens with one attached hydrogen (secondary N) is 2. The smallest absolute Gasteiger partial charge is 0.0459 e. The van der Waals surface area contributed by atoms with Crippen LogP contribution in [0.25, 0.3) is 21.8 Å². The van der Waals surface area contributed by atoms with Crippen LogP contribution < -0.4 is 0 Å². The lowest BCUT2D eigenvalue weighted by molar-refractivity contribution is 0.658. The normalized spacial score (nSPS) is 12.8. The maximum atomic E-state index is 3.63. The molecule has 2 N–H and O–H groups in total. The van der Waals surface area contributed by atoms with Crippen molar-refractivity contribution in [2.24, 2.45) is 0 Å². The molecule has 2 heterocycles. The Kier molecular flexibility index (Phi) is 4.28. The van der Waals surface area contributed by atoms with Gasteiger partial charge in [0.1, 0.15) is 0 Å². The first kappa shape index (κ1) is 17.8. The fourth-order valence-electron chi connectivity index (χ4n) is 4.99. The summed E-state index contributed by atoms with van der Waals surface area (Å²) in [6, 6.07) is 28.3. The van der Waals surface area contributed by atoms with E-state index < -0.39 is 0 Å². The van der Waals surface area contributed by atoms with Gasteiger partial charge in [-0.1, -0.05) is 73.7 Å². The van der Waals surface area contributed by atoms with E-state index in [9.17, 15) is 0 Å². The van der Waals surface area contributed by atoms with Gasteiger partial charge in [-0.25, -0.2) is 0 Å². The summed E-state index contributed by atoms with van der Waals surface area (Å²) in [6.45, 7) is 6.79. The molecule has 0 aliphatic carbocycles. The number of H-pyrrole nitrogens is 2. The van der Waals surface area contributed by atoms with Crippen molar-refractivity contribution in [2.75, 3.05) is 0 Å². The summed E-state index contributed by atoms with van der Waals surface area (Å²) >= 11 is 0. The highest BCUT2D eigenvalue weighted by Gasteiger charge is 2.30. The molecule has 2 heteroatoms. The van der Waals surface area contributed by atoms with Crippen LogP contribution in [-0.4, -0.2) is 9.97 Å². The number of rotatable bonds is 4. The molecule has 0 amide bonds. The van der Waals surface area contributed by atoms with E-state index in [2.05, 4.69) is 110 Å². The Balaban J connectivity index is 1.82. The molecular formula is C27H26N2. The second-order valence-electron chi connectivity index (χ2n) is 8.10. The molecule has 0 aliphatic heterocycles. The van der Waals surface area contributed by atoms with Crippen LogP contribution in [0.3, 0.4) is 0 Å². The van der Waals surface area contributed by atoms with Crippen molar-refractivity contribution in [2.45, 2.75) is 32.6 Å². The van der Waals surface area contributed by atoms with E-state index in [1.54, 1.807) is 0 Å². The standard InChI is InChI=1S/C27H26N2/c1-17(20-11-5-4-6-12-20)25(26-18(2)28-23-15-9-7-13-21(23)26)27-19(3)29-24-16-10-8-14-22(24)27/h4-17,25,28-29H,1-3H3/t17-/m0/s1. The minimum atomic E-state index is 0.254. The van der Waals surface area contributed by atoms with Crippen molar-refractivity contribution in [3.63, 3.8) is 0 Å². The highest BCUT2D eigenvalue weighted by molar-refractivity contribution is 5.90. The molecule has 2 aromatic heterocycles. The Morgan fingerprint density at radius 3 is 1.55 bits per heavy atom. The first-order chi connectivity index (χ1) is 14.1. The Labute approximate surface area is 171 Å². The van der Waals surface area contributed by atoms with E-state index in [0.717, 1.165) is 0 Å². The maximum Gasteiger partial charge on any atom is 0.0459 e. The number of aryl methyl sites for hydroxylation is 2. The Hall–Kier alpha value is -3.26. The third-order valence-corrected chi connectivity index (χ3v) is 6.33. The maximum absolute atomic E-state index is 3.63. The molecule has 0 bridgehead atoms. The fraction of sp³-hybridized carbons (Fsp3) is 0.185. The predicted molar refractivity (Wildman–Crippen MR) is 123 cm³/mol. The molecule has 3 aromatic carbocycles. The Morgan fingerprint density at radius 2 is 1.03 bits per heavy atom. The van der Waals surface area contributed by atoms with Crippen molar-refractivity contribution in [1.82, 2.24) is 9.97 Å². The first-order valence-corrected chi connectivity index (χ1v) is 10.3. The minimum Gasteiger partial charge on any atom is -0.358 e.